The average Bonchev–Trinajstić information content (AvgIpc) is 3.42. The van der Waals surface area contributed by atoms with Crippen molar-refractivity contribution >= 4 is 58.4 Å². The highest BCUT2D eigenvalue weighted by molar-refractivity contribution is 5.99. The van der Waals surface area contributed by atoms with Crippen LogP contribution < -0.4 is 11.5 Å². The molecule has 2 aromatic heterocycles. The molecule has 2 heterocycles. The largest absolute Gasteiger partial charge is 0.461 e. The minimum Gasteiger partial charge on any atom is -0.461 e. The lowest BCUT2D eigenvalue weighted by Crippen LogP contribution is -2.10. The molecule has 4 rings (SSSR count). The van der Waals surface area contributed by atoms with Gasteiger partial charge in [0.2, 0.25) is 0 Å². The number of rotatable bonds is 13. The number of nitrogens with two attached hydrogens (primary N) is 2. The van der Waals surface area contributed by atoms with E-state index in [4.69, 9.17) is 31.1 Å². The molecular formula is C28H36Cl2N4O2. The van der Waals surface area contributed by atoms with Gasteiger partial charge in [0.1, 0.15) is 34.4 Å². The normalized spacial score (nSPS) is 10.8. The molecule has 36 heavy (non-hydrogen) atoms. The molecule has 0 aliphatic heterocycles. The number of halogens is 2. The number of nitrogens with one attached hydrogen (secondary N) is 2. The van der Waals surface area contributed by atoms with Gasteiger partial charge in [-0.2, -0.15) is 0 Å². The molecular weight excluding hydrogens is 495 g/mol. The average molecular weight is 532 g/mol. The quantitative estimate of drug-likeness (QED) is 0.0809. The molecule has 0 amide bonds. The van der Waals surface area contributed by atoms with Gasteiger partial charge < -0.3 is 20.3 Å². The van der Waals surface area contributed by atoms with Crippen molar-refractivity contribution in [1.82, 2.24) is 0 Å². The number of hydrogen-bond acceptors (Lipinski definition) is 4. The van der Waals surface area contributed by atoms with E-state index in [1.165, 1.54) is 38.5 Å². The topological polar surface area (TPSA) is 126 Å². The molecule has 194 valence electrons. The third-order valence-corrected chi connectivity index (χ3v) is 6.35. The Morgan fingerprint density at radius 3 is 1.28 bits per heavy atom. The maximum atomic E-state index is 7.56. The Morgan fingerprint density at radius 2 is 0.917 bits per heavy atom. The lowest BCUT2D eigenvalue weighted by atomic mass is 10.1. The van der Waals surface area contributed by atoms with Crippen LogP contribution >= 0.6 is 24.8 Å². The lowest BCUT2D eigenvalue weighted by molar-refractivity contribution is 0.508. The van der Waals surface area contributed by atoms with Gasteiger partial charge in [0, 0.05) is 34.7 Å². The van der Waals surface area contributed by atoms with Crippen LogP contribution in [0, 0.1) is 10.8 Å². The molecule has 0 unspecified atom stereocenters. The van der Waals surface area contributed by atoms with Crippen LogP contribution in [0.25, 0.3) is 21.9 Å². The maximum absolute atomic E-state index is 7.56. The van der Waals surface area contributed by atoms with E-state index in [-0.39, 0.29) is 36.5 Å². The van der Waals surface area contributed by atoms with E-state index < -0.39 is 0 Å². The first-order valence-corrected chi connectivity index (χ1v) is 12.2. The highest BCUT2D eigenvalue weighted by atomic mass is 35.5. The van der Waals surface area contributed by atoms with Gasteiger partial charge in [-0.15, -0.1) is 24.8 Å². The minimum atomic E-state index is 0. The second-order valence-electron chi connectivity index (χ2n) is 9.09. The Bertz CT molecular complexity index is 1200. The van der Waals surface area contributed by atoms with Crippen molar-refractivity contribution in [2.45, 2.75) is 64.2 Å². The van der Waals surface area contributed by atoms with Gasteiger partial charge in [-0.25, -0.2) is 0 Å². The first-order valence-electron chi connectivity index (χ1n) is 12.2. The summed E-state index contributed by atoms with van der Waals surface area (Å²) >= 11 is 0. The van der Waals surface area contributed by atoms with Crippen LogP contribution in [0.3, 0.4) is 0 Å². The van der Waals surface area contributed by atoms with E-state index in [1.54, 1.807) is 0 Å². The van der Waals surface area contributed by atoms with Crippen molar-refractivity contribution in [2.75, 3.05) is 0 Å². The molecule has 6 N–H and O–H groups in total. The van der Waals surface area contributed by atoms with E-state index in [0.29, 0.717) is 0 Å². The molecule has 0 saturated carbocycles. The number of benzene rings is 2. The summed E-state index contributed by atoms with van der Waals surface area (Å²) in [6.45, 7) is 0. The first-order chi connectivity index (χ1) is 16.5. The molecule has 0 saturated heterocycles. The van der Waals surface area contributed by atoms with Crippen molar-refractivity contribution in [3.63, 3.8) is 0 Å². The second kappa shape index (κ2) is 14.0. The molecule has 4 aromatic rings. The van der Waals surface area contributed by atoms with Gasteiger partial charge in [0.15, 0.2) is 0 Å². The third-order valence-electron chi connectivity index (χ3n) is 6.35. The molecule has 0 radical (unpaired) electrons. The zero-order valence-electron chi connectivity index (χ0n) is 20.5. The number of fused-ring (bicyclic) bond motifs is 2. The molecule has 0 fully saturated rings. The zero-order valence-corrected chi connectivity index (χ0v) is 22.1. The maximum Gasteiger partial charge on any atom is 0.134 e. The highest BCUT2D eigenvalue weighted by Gasteiger charge is 2.07. The minimum absolute atomic E-state index is 0. The molecule has 8 heteroatoms. The number of furan rings is 2. The summed E-state index contributed by atoms with van der Waals surface area (Å²) in [4.78, 5) is 0. The molecule has 0 aliphatic carbocycles. The predicted octanol–water partition coefficient (Wildman–Crippen LogP) is 7.50. The van der Waals surface area contributed by atoms with Crippen LogP contribution in [0.2, 0.25) is 0 Å². The molecule has 0 aliphatic rings. The van der Waals surface area contributed by atoms with Crippen molar-refractivity contribution in [3.05, 3.63) is 71.2 Å². The number of unbranched alkanes of at least 4 members (excludes halogenated alkanes) is 7. The fraction of sp³-hybridized carbons (Fsp3) is 0.357. The Hall–Kier alpha value is -2.96. The van der Waals surface area contributed by atoms with Crippen LogP contribution in [0.4, 0.5) is 0 Å². The molecule has 6 nitrogen and oxygen atoms in total. The fourth-order valence-electron chi connectivity index (χ4n) is 4.44. The zero-order chi connectivity index (χ0) is 23.9. The summed E-state index contributed by atoms with van der Waals surface area (Å²) in [6.07, 6.45) is 11.7. The Labute approximate surface area is 224 Å². The van der Waals surface area contributed by atoms with Crippen LogP contribution in [0.1, 0.15) is 74.0 Å². The molecule has 0 spiro atoms. The summed E-state index contributed by atoms with van der Waals surface area (Å²) < 4.78 is 11.8. The van der Waals surface area contributed by atoms with Gasteiger partial charge in [0.25, 0.3) is 0 Å². The van der Waals surface area contributed by atoms with Crippen molar-refractivity contribution in [3.8, 4) is 0 Å². The van der Waals surface area contributed by atoms with Gasteiger partial charge in [0.05, 0.1) is 0 Å². The van der Waals surface area contributed by atoms with Gasteiger partial charge >= 0.3 is 0 Å². The van der Waals surface area contributed by atoms with Crippen LogP contribution in [0.5, 0.6) is 0 Å². The van der Waals surface area contributed by atoms with E-state index in [9.17, 15) is 0 Å². The standard InChI is InChI=1S/C28H34N4O2.2ClH/c29-27(30)19-11-13-25-21(15-19)17-23(33-25)9-7-5-3-1-2-4-6-8-10-24-18-22-16-20(28(31)32)12-14-26(22)34-24;;/h11-18H,1-10H2,(H3,29,30)(H3,31,32);2*1H. The smallest absolute Gasteiger partial charge is 0.134 e. The summed E-state index contributed by atoms with van der Waals surface area (Å²) in [5, 5.41) is 17.2. The summed E-state index contributed by atoms with van der Waals surface area (Å²) in [6, 6.07) is 15.5. The predicted molar refractivity (Wildman–Crippen MR) is 153 cm³/mol. The van der Waals surface area contributed by atoms with E-state index >= 15 is 0 Å². The number of hydrogen-bond donors (Lipinski definition) is 4. The lowest BCUT2D eigenvalue weighted by Gasteiger charge is -2.02. The van der Waals surface area contributed by atoms with Crippen LogP contribution in [-0.4, -0.2) is 11.7 Å². The summed E-state index contributed by atoms with van der Waals surface area (Å²) in [5.74, 6) is 2.20. The van der Waals surface area contributed by atoms with Crippen LogP contribution in [0.15, 0.2) is 57.4 Å². The Balaban J connectivity index is 0.00000228. The van der Waals surface area contributed by atoms with Crippen LogP contribution in [-0.2, 0) is 12.8 Å². The summed E-state index contributed by atoms with van der Waals surface area (Å²) in [7, 11) is 0. The van der Waals surface area contributed by atoms with Gasteiger partial charge in [-0.05, 0) is 61.4 Å². The molecule has 0 atom stereocenters. The number of amidine groups is 2. The molecule has 2 aromatic carbocycles. The third kappa shape index (κ3) is 7.77. The van der Waals surface area contributed by atoms with Gasteiger partial charge in [-0.1, -0.05) is 38.5 Å². The van der Waals surface area contributed by atoms with E-state index in [2.05, 4.69) is 12.1 Å². The second-order valence-corrected chi connectivity index (χ2v) is 9.09. The number of aryl methyl sites for hydroxylation is 2. The first kappa shape index (κ1) is 29.3. The monoisotopic (exact) mass is 530 g/mol. The molecule has 0 bridgehead atoms. The fourth-order valence-corrected chi connectivity index (χ4v) is 4.44. The van der Waals surface area contributed by atoms with Gasteiger partial charge in [-0.3, -0.25) is 10.8 Å². The Morgan fingerprint density at radius 1 is 0.556 bits per heavy atom. The Kier molecular flexibility index (Phi) is 11.3. The number of nitrogen functional groups attached to an aromatic ring is 2. The van der Waals surface area contributed by atoms with Crippen molar-refractivity contribution in [2.24, 2.45) is 11.5 Å². The highest BCUT2D eigenvalue weighted by Crippen LogP contribution is 2.24. The van der Waals surface area contributed by atoms with Crippen molar-refractivity contribution in [1.29, 1.82) is 10.8 Å². The van der Waals surface area contributed by atoms with E-state index in [0.717, 1.165) is 70.3 Å². The SMILES string of the molecule is Cl.Cl.N=C(N)c1ccc2oc(CCCCCCCCCCc3cc4cc(C(=N)N)ccc4o3)cc2c1. The van der Waals surface area contributed by atoms with Crippen molar-refractivity contribution < 1.29 is 8.83 Å². The van der Waals surface area contributed by atoms with E-state index in [1.807, 2.05) is 36.4 Å². The summed E-state index contributed by atoms with van der Waals surface area (Å²) in [5.41, 5.74) is 14.3.